The minimum absolute atomic E-state index is 0.0272. The lowest BCUT2D eigenvalue weighted by atomic mass is 10.1. The molecule has 17 heavy (non-hydrogen) atoms. The summed E-state index contributed by atoms with van der Waals surface area (Å²) in [7, 11) is 0. The van der Waals surface area contributed by atoms with E-state index in [1.165, 1.54) is 10.9 Å². The molecule has 1 amide bonds. The van der Waals surface area contributed by atoms with Crippen LogP contribution in [-0.2, 0) is 11.2 Å². The van der Waals surface area contributed by atoms with Crippen LogP contribution in [0.2, 0.25) is 0 Å². The van der Waals surface area contributed by atoms with Gasteiger partial charge in [-0.25, -0.2) is 0 Å². The van der Waals surface area contributed by atoms with E-state index in [9.17, 15) is 4.79 Å². The molecule has 4 heteroatoms. The number of amides is 1. The standard InChI is InChI=1S/C13H16N2OS/c1-9(15-13(16)8-17)6-10-7-14-12-5-3-2-4-11(10)12/h2-5,7,9,14,17H,6,8H2,1H3,(H,15,16). The molecular formula is C13H16N2OS. The van der Waals surface area contributed by atoms with Gasteiger partial charge in [0.05, 0.1) is 5.75 Å². The van der Waals surface area contributed by atoms with Crippen molar-refractivity contribution in [2.45, 2.75) is 19.4 Å². The summed E-state index contributed by atoms with van der Waals surface area (Å²) in [5.41, 5.74) is 2.36. The largest absolute Gasteiger partial charge is 0.361 e. The van der Waals surface area contributed by atoms with Gasteiger partial charge in [-0.05, 0) is 25.0 Å². The van der Waals surface area contributed by atoms with E-state index in [-0.39, 0.29) is 17.7 Å². The van der Waals surface area contributed by atoms with E-state index >= 15 is 0 Å². The summed E-state index contributed by atoms with van der Waals surface area (Å²) in [5.74, 6) is 0.207. The Hall–Kier alpha value is -1.42. The SMILES string of the molecule is CC(Cc1c[nH]c2ccccc12)NC(=O)CS. The maximum absolute atomic E-state index is 11.2. The number of thiol groups is 1. The predicted molar refractivity (Wildman–Crippen MR) is 73.5 cm³/mol. The number of benzene rings is 1. The topological polar surface area (TPSA) is 44.9 Å². The molecule has 0 saturated heterocycles. The van der Waals surface area contributed by atoms with E-state index in [1.807, 2.05) is 25.3 Å². The number of carbonyl (C=O) groups excluding carboxylic acids is 1. The third-order valence-electron chi connectivity index (χ3n) is 2.75. The second-order valence-electron chi connectivity index (χ2n) is 4.19. The average Bonchev–Trinajstić information content (AvgIpc) is 2.72. The van der Waals surface area contributed by atoms with Crippen molar-refractivity contribution in [1.29, 1.82) is 0 Å². The number of aromatic amines is 1. The smallest absolute Gasteiger partial charge is 0.229 e. The maximum Gasteiger partial charge on any atom is 0.229 e. The van der Waals surface area contributed by atoms with Gasteiger partial charge in [-0.2, -0.15) is 12.6 Å². The number of carbonyl (C=O) groups is 1. The fraction of sp³-hybridized carbons (Fsp3) is 0.308. The van der Waals surface area contributed by atoms with Crippen LogP contribution in [0.15, 0.2) is 30.5 Å². The van der Waals surface area contributed by atoms with E-state index in [1.54, 1.807) is 0 Å². The van der Waals surface area contributed by atoms with Crippen molar-refractivity contribution in [3.8, 4) is 0 Å². The van der Waals surface area contributed by atoms with E-state index in [4.69, 9.17) is 0 Å². The van der Waals surface area contributed by atoms with Crippen LogP contribution < -0.4 is 5.32 Å². The third-order valence-corrected chi connectivity index (χ3v) is 3.04. The molecule has 0 bridgehead atoms. The Morgan fingerprint density at radius 3 is 3.00 bits per heavy atom. The van der Waals surface area contributed by atoms with Gasteiger partial charge in [0, 0.05) is 23.1 Å². The first kappa shape index (κ1) is 12.0. The van der Waals surface area contributed by atoms with Gasteiger partial charge < -0.3 is 10.3 Å². The Bertz CT molecular complexity index is 521. The zero-order valence-electron chi connectivity index (χ0n) is 9.73. The molecule has 0 fully saturated rings. The molecule has 1 unspecified atom stereocenters. The number of nitrogens with one attached hydrogen (secondary N) is 2. The first-order valence-corrected chi connectivity index (χ1v) is 6.29. The Morgan fingerprint density at radius 2 is 2.24 bits per heavy atom. The molecule has 2 rings (SSSR count). The Morgan fingerprint density at radius 1 is 1.47 bits per heavy atom. The first-order chi connectivity index (χ1) is 8.20. The van der Waals surface area contributed by atoms with Crippen molar-refractivity contribution in [1.82, 2.24) is 10.3 Å². The summed E-state index contributed by atoms with van der Waals surface area (Å²) in [6.45, 7) is 2.00. The highest BCUT2D eigenvalue weighted by molar-refractivity contribution is 7.81. The normalized spacial score (nSPS) is 12.6. The molecule has 0 aliphatic heterocycles. The Labute approximate surface area is 106 Å². The van der Waals surface area contributed by atoms with Gasteiger partial charge in [0.1, 0.15) is 0 Å². The number of hydrogen-bond donors (Lipinski definition) is 3. The number of hydrogen-bond acceptors (Lipinski definition) is 2. The van der Waals surface area contributed by atoms with Crippen LogP contribution in [0.5, 0.6) is 0 Å². The maximum atomic E-state index is 11.2. The zero-order valence-corrected chi connectivity index (χ0v) is 10.6. The molecule has 1 atom stereocenters. The summed E-state index contributed by atoms with van der Waals surface area (Å²) < 4.78 is 0. The third kappa shape index (κ3) is 2.82. The summed E-state index contributed by atoms with van der Waals surface area (Å²) >= 11 is 3.94. The Balaban J connectivity index is 2.10. The number of rotatable bonds is 4. The lowest BCUT2D eigenvalue weighted by Crippen LogP contribution is -2.34. The zero-order chi connectivity index (χ0) is 12.3. The summed E-state index contributed by atoms with van der Waals surface area (Å²) in [5, 5.41) is 4.13. The molecule has 1 aromatic heterocycles. The van der Waals surface area contributed by atoms with Crippen molar-refractivity contribution in [2.75, 3.05) is 5.75 Å². The second kappa shape index (κ2) is 5.27. The monoisotopic (exact) mass is 248 g/mol. The second-order valence-corrected chi connectivity index (χ2v) is 4.51. The molecule has 2 N–H and O–H groups in total. The highest BCUT2D eigenvalue weighted by Crippen LogP contribution is 2.18. The molecular weight excluding hydrogens is 232 g/mol. The van der Waals surface area contributed by atoms with Crippen molar-refractivity contribution < 1.29 is 4.79 Å². The average molecular weight is 248 g/mol. The molecule has 90 valence electrons. The van der Waals surface area contributed by atoms with Gasteiger partial charge in [-0.15, -0.1) is 0 Å². The van der Waals surface area contributed by atoms with Gasteiger partial charge in [0.25, 0.3) is 0 Å². The van der Waals surface area contributed by atoms with Crippen LogP contribution >= 0.6 is 12.6 Å². The van der Waals surface area contributed by atoms with E-state index in [0.29, 0.717) is 0 Å². The number of fused-ring (bicyclic) bond motifs is 1. The number of para-hydroxylation sites is 1. The molecule has 1 heterocycles. The lowest BCUT2D eigenvalue weighted by Gasteiger charge is -2.12. The summed E-state index contributed by atoms with van der Waals surface area (Å²) in [6, 6.07) is 8.30. The van der Waals surface area contributed by atoms with Gasteiger partial charge in [-0.1, -0.05) is 18.2 Å². The van der Waals surface area contributed by atoms with Gasteiger partial charge in [0.15, 0.2) is 0 Å². The fourth-order valence-corrected chi connectivity index (χ4v) is 2.09. The quantitative estimate of drug-likeness (QED) is 0.713. The van der Waals surface area contributed by atoms with E-state index in [0.717, 1.165) is 11.9 Å². The molecule has 2 aromatic rings. The van der Waals surface area contributed by atoms with Crippen molar-refractivity contribution in [2.24, 2.45) is 0 Å². The minimum atomic E-state index is -0.0272. The van der Waals surface area contributed by atoms with Crippen LogP contribution in [0.1, 0.15) is 12.5 Å². The van der Waals surface area contributed by atoms with Crippen molar-refractivity contribution >= 4 is 29.4 Å². The van der Waals surface area contributed by atoms with Crippen LogP contribution in [-0.4, -0.2) is 22.7 Å². The van der Waals surface area contributed by atoms with E-state index in [2.05, 4.69) is 35.1 Å². The van der Waals surface area contributed by atoms with Crippen LogP contribution in [0, 0.1) is 0 Å². The van der Waals surface area contributed by atoms with Gasteiger partial charge >= 0.3 is 0 Å². The fourth-order valence-electron chi connectivity index (χ4n) is 2.00. The van der Waals surface area contributed by atoms with Crippen LogP contribution in [0.4, 0.5) is 0 Å². The van der Waals surface area contributed by atoms with Crippen molar-refractivity contribution in [3.63, 3.8) is 0 Å². The number of aromatic nitrogens is 1. The highest BCUT2D eigenvalue weighted by Gasteiger charge is 2.09. The molecule has 0 saturated carbocycles. The highest BCUT2D eigenvalue weighted by atomic mass is 32.1. The number of H-pyrrole nitrogens is 1. The van der Waals surface area contributed by atoms with Gasteiger partial charge in [-0.3, -0.25) is 4.79 Å². The first-order valence-electron chi connectivity index (χ1n) is 5.66. The molecule has 0 spiro atoms. The van der Waals surface area contributed by atoms with Crippen molar-refractivity contribution in [3.05, 3.63) is 36.0 Å². The summed E-state index contributed by atoms with van der Waals surface area (Å²) in [4.78, 5) is 14.5. The lowest BCUT2D eigenvalue weighted by molar-refractivity contribution is -0.119. The van der Waals surface area contributed by atoms with Gasteiger partial charge in [0.2, 0.25) is 5.91 Å². The Kier molecular flexibility index (Phi) is 3.74. The molecule has 0 aliphatic carbocycles. The minimum Gasteiger partial charge on any atom is -0.361 e. The molecule has 0 radical (unpaired) electrons. The van der Waals surface area contributed by atoms with Crippen LogP contribution in [0.25, 0.3) is 10.9 Å². The molecule has 0 aliphatic rings. The van der Waals surface area contributed by atoms with E-state index < -0.39 is 0 Å². The molecule has 1 aromatic carbocycles. The predicted octanol–water partition coefficient (Wildman–Crippen LogP) is 2.14. The molecule has 3 nitrogen and oxygen atoms in total. The van der Waals surface area contributed by atoms with Crippen LogP contribution in [0.3, 0.4) is 0 Å². The summed E-state index contributed by atoms with van der Waals surface area (Å²) in [6.07, 6.45) is 2.83.